The molecule has 0 atom stereocenters. The van der Waals surface area contributed by atoms with Crippen molar-refractivity contribution in [3.8, 4) is 0 Å². The first-order chi connectivity index (χ1) is 8.25. The van der Waals surface area contributed by atoms with E-state index >= 15 is 0 Å². The smallest absolute Gasteiger partial charge is 0.342 e. The van der Waals surface area contributed by atoms with E-state index < -0.39 is 0 Å². The van der Waals surface area contributed by atoms with Crippen LogP contribution in [-0.2, 0) is 0 Å². The Balaban J connectivity index is 2.05. The molecule has 0 radical (unpaired) electrons. The number of hydrogen-bond acceptors (Lipinski definition) is 4. The zero-order valence-corrected chi connectivity index (χ0v) is 9.76. The fraction of sp³-hybridized carbons (Fsp3) is 0.545. The first-order valence-electron chi connectivity index (χ1n) is 5.93. The van der Waals surface area contributed by atoms with Crippen LogP contribution >= 0.6 is 0 Å². The van der Waals surface area contributed by atoms with E-state index in [2.05, 4.69) is 27.0 Å². The maximum Gasteiger partial charge on any atom is 0.350 e. The van der Waals surface area contributed by atoms with Crippen molar-refractivity contribution in [1.29, 1.82) is 0 Å². The summed E-state index contributed by atoms with van der Waals surface area (Å²) >= 11 is 0. The van der Waals surface area contributed by atoms with Crippen LogP contribution in [0.15, 0.2) is 17.1 Å². The third-order valence-corrected chi connectivity index (χ3v) is 3.38. The molecular weight excluding hydrogens is 218 g/mol. The maximum atomic E-state index is 11.7. The summed E-state index contributed by atoms with van der Waals surface area (Å²) in [4.78, 5) is 18.2. The third kappa shape index (κ3) is 1.69. The van der Waals surface area contributed by atoms with Gasteiger partial charge in [0, 0.05) is 25.4 Å². The summed E-state index contributed by atoms with van der Waals surface area (Å²) in [6.07, 6.45) is 3.98. The number of aromatic amines is 1. The number of fused-ring (bicyclic) bond motifs is 1. The quantitative estimate of drug-likeness (QED) is 0.785. The van der Waals surface area contributed by atoms with Gasteiger partial charge in [-0.2, -0.15) is 5.10 Å². The monoisotopic (exact) mass is 233 g/mol. The predicted molar refractivity (Wildman–Crippen MR) is 64.2 cm³/mol. The van der Waals surface area contributed by atoms with Gasteiger partial charge in [-0.1, -0.05) is 6.92 Å². The molecule has 3 rings (SSSR count). The molecule has 0 amide bonds. The fourth-order valence-corrected chi connectivity index (χ4v) is 2.27. The molecule has 1 N–H and O–H groups in total. The molecule has 17 heavy (non-hydrogen) atoms. The van der Waals surface area contributed by atoms with E-state index in [1.807, 2.05) is 0 Å². The van der Waals surface area contributed by atoms with Gasteiger partial charge in [0.05, 0.1) is 0 Å². The van der Waals surface area contributed by atoms with Crippen LogP contribution in [0.1, 0.15) is 19.8 Å². The first-order valence-corrected chi connectivity index (χ1v) is 5.93. The van der Waals surface area contributed by atoms with E-state index in [-0.39, 0.29) is 5.69 Å². The van der Waals surface area contributed by atoms with Crippen LogP contribution < -0.4 is 10.6 Å². The van der Waals surface area contributed by atoms with Crippen LogP contribution in [0.5, 0.6) is 0 Å². The van der Waals surface area contributed by atoms with Gasteiger partial charge in [0.25, 0.3) is 0 Å². The minimum atomic E-state index is -0.221. The molecule has 0 saturated carbocycles. The summed E-state index contributed by atoms with van der Waals surface area (Å²) in [5.41, 5.74) is 0.403. The number of rotatable bonds is 1. The molecule has 6 heteroatoms. The Morgan fingerprint density at radius 1 is 1.41 bits per heavy atom. The highest BCUT2D eigenvalue weighted by Gasteiger charge is 2.19. The van der Waals surface area contributed by atoms with Crippen molar-refractivity contribution < 1.29 is 0 Å². The largest absolute Gasteiger partial charge is 0.350 e. The van der Waals surface area contributed by atoms with Crippen LogP contribution in [-0.4, -0.2) is 32.7 Å². The highest BCUT2D eigenvalue weighted by atomic mass is 16.1. The van der Waals surface area contributed by atoms with E-state index in [4.69, 9.17) is 0 Å². The van der Waals surface area contributed by atoms with Crippen molar-refractivity contribution in [2.24, 2.45) is 5.92 Å². The van der Waals surface area contributed by atoms with Gasteiger partial charge in [-0.3, -0.25) is 0 Å². The van der Waals surface area contributed by atoms with E-state index in [9.17, 15) is 4.79 Å². The lowest BCUT2D eigenvalue weighted by Gasteiger charge is -2.30. The predicted octanol–water partition coefficient (Wildman–Crippen LogP) is 0.654. The highest BCUT2D eigenvalue weighted by molar-refractivity contribution is 5.45. The first kappa shape index (κ1) is 10.3. The Labute approximate surface area is 98.3 Å². The molecule has 6 nitrogen and oxygen atoms in total. The van der Waals surface area contributed by atoms with Gasteiger partial charge in [-0.25, -0.2) is 19.3 Å². The molecule has 1 saturated heterocycles. The van der Waals surface area contributed by atoms with Crippen molar-refractivity contribution in [1.82, 2.24) is 19.6 Å². The van der Waals surface area contributed by atoms with Crippen molar-refractivity contribution in [2.45, 2.75) is 19.8 Å². The summed E-state index contributed by atoms with van der Waals surface area (Å²) in [6.45, 7) is 4.16. The number of nitrogens with zero attached hydrogens (tertiary/aromatic N) is 4. The van der Waals surface area contributed by atoms with Crippen molar-refractivity contribution in [3.05, 3.63) is 22.7 Å². The second-order valence-corrected chi connectivity index (χ2v) is 4.64. The molecule has 0 bridgehead atoms. The SMILES string of the molecule is CC1CCN(c2nccc3n[nH]c(=O)n23)CC1. The summed E-state index contributed by atoms with van der Waals surface area (Å²) in [7, 11) is 0. The minimum Gasteiger partial charge on any atom is -0.342 e. The van der Waals surface area contributed by atoms with Crippen molar-refractivity contribution in [2.75, 3.05) is 18.0 Å². The summed E-state index contributed by atoms with van der Waals surface area (Å²) in [5, 5.41) is 6.40. The van der Waals surface area contributed by atoms with Crippen LogP contribution in [0.25, 0.3) is 5.65 Å². The second-order valence-electron chi connectivity index (χ2n) is 4.64. The van der Waals surface area contributed by atoms with Crippen molar-refractivity contribution in [3.63, 3.8) is 0 Å². The average Bonchev–Trinajstić information content (AvgIpc) is 2.73. The zero-order valence-electron chi connectivity index (χ0n) is 9.76. The number of aromatic nitrogens is 4. The lowest BCUT2D eigenvalue weighted by Crippen LogP contribution is -2.36. The van der Waals surface area contributed by atoms with E-state index in [1.54, 1.807) is 12.3 Å². The van der Waals surface area contributed by atoms with Gasteiger partial charge in [0.1, 0.15) is 0 Å². The number of anilines is 1. The zero-order chi connectivity index (χ0) is 11.8. The highest BCUT2D eigenvalue weighted by Crippen LogP contribution is 2.20. The lowest BCUT2D eigenvalue weighted by molar-refractivity contribution is 0.433. The maximum absolute atomic E-state index is 11.7. The minimum absolute atomic E-state index is 0.221. The van der Waals surface area contributed by atoms with Crippen LogP contribution in [0.2, 0.25) is 0 Å². The Bertz CT molecular complexity index is 579. The molecule has 3 heterocycles. The van der Waals surface area contributed by atoms with Gasteiger partial charge >= 0.3 is 5.69 Å². The van der Waals surface area contributed by atoms with E-state index in [0.717, 1.165) is 31.8 Å². The van der Waals surface area contributed by atoms with Crippen molar-refractivity contribution >= 4 is 11.6 Å². The molecule has 2 aromatic heterocycles. The van der Waals surface area contributed by atoms with Crippen LogP contribution in [0.4, 0.5) is 5.95 Å². The topological polar surface area (TPSA) is 66.3 Å². The Morgan fingerprint density at radius 2 is 2.18 bits per heavy atom. The molecule has 1 aliphatic rings. The van der Waals surface area contributed by atoms with Gasteiger partial charge in [0.2, 0.25) is 5.95 Å². The van der Waals surface area contributed by atoms with Gasteiger partial charge < -0.3 is 4.90 Å². The van der Waals surface area contributed by atoms with Gasteiger partial charge in [0.15, 0.2) is 5.65 Å². The standard InChI is InChI=1S/C11H15N5O/c1-8-3-6-15(7-4-8)10-12-5-2-9-13-14-11(17)16(9)10/h2,5,8H,3-4,6-7H2,1H3,(H,14,17). The molecule has 2 aromatic rings. The number of hydrogen-bond donors (Lipinski definition) is 1. The molecule has 90 valence electrons. The second kappa shape index (κ2) is 3.87. The van der Waals surface area contributed by atoms with Gasteiger partial charge in [-0.15, -0.1) is 0 Å². The Kier molecular flexibility index (Phi) is 2.35. The van der Waals surface area contributed by atoms with Crippen LogP contribution in [0.3, 0.4) is 0 Å². The van der Waals surface area contributed by atoms with E-state index in [0.29, 0.717) is 11.6 Å². The number of H-pyrrole nitrogens is 1. The fourth-order valence-electron chi connectivity index (χ4n) is 2.27. The number of nitrogens with one attached hydrogen (secondary N) is 1. The van der Waals surface area contributed by atoms with E-state index in [1.165, 1.54) is 4.40 Å². The average molecular weight is 233 g/mol. The molecule has 1 aliphatic heterocycles. The summed E-state index contributed by atoms with van der Waals surface area (Å²) in [6, 6.07) is 1.73. The molecule has 0 aromatic carbocycles. The molecular formula is C11H15N5O. The summed E-state index contributed by atoms with van der Waals surface area (Å²) < 4.78 is 1.54. The molecule has 1 fully saturated rings. The van der Waals surface area contributed by atoms with Crippen LogP contribution in [0, 0.1) is 5.92 Å². The normalized spacial score (nSPS) is 17.8. The third-order valence-electron chi connectivity index (χ3n) is 3.38. The summed E-state index contributed by atoms with van der Waals surface area (Å²) in [5.74, 6) is 1.46. The molecule has 0 aliphatic carbocycles. The van der Waals surface area contributed by atoms with Gasteiger partial charge in [-0.05, 0) is 18.8 Å². The lowest BCUT2D eigenvalue weighted by atomic mass is 10.00. The molecule has 0 spiro atoms. The number of piperidine rings is 1. The Morgan fingerprint density at radius 3 is 2.94 bits per heavy atom. The molecule has 0 unspecified atom stereocenters. The Hall–Kier alpha value is -1.85.